The van der Waals surface area contributed by atoms with Crippen molar-refractivity contribution in [3.8, 4) is 11.5 Å². The van der Waals surface area contributed by atoms with E-state index in [0.29, 0.717) is 41.5 Å². The largest absolute Gasteiger partial charge is 0.486 e. The van der Waals surface area contributed by atoms with Gasteiger partial charge in [0, 0.05) is 6.07 Å². The molecule has 1 aliphatic heterocycles. The minimum atomic E-state index is -3.62. The van der Waals surface area contributed by atoms with Gasteiger partial charge in [-0.25, -0.2) is 13.2 Å². The van der Waals surface area contributed by atoms with Crippen molar-refractivity contribution in [2.45, 2.75) is 5.75 Å². The summed E-state index contributed by atoms with van der Waals surface area (Å²) in [6.45, 7) is 0.898. The highest BCUT2D eigenvalue weighted by Crippen LogP contribution is 2.33. The maximum absolute atomic E-state index is 12.3. The molecular weight excluding hydrogens is 346 g/mol. The second-order valence-electron chi connectivity index (χ2n) is 5.41. The highest BCUT2D eigenvalue weighted by atomic mass is 32.2. The molecule has 25 heavy (non-hydrogen) atoms. The van der Waals surface area contributed by atoms with E-state index in [9.17, 15) is 13.2 Å². The number of rotatable bonds is 5. The van der Waals surface area contributed by atoms with Crippen LogP contribution in [-0.2, 0) is 20.5 Å². The number of anilines is 1. The Balaban J connectivity index is 1.70. The van der Waals surface area contributed by atoms with Crippen molar-refractivity contribution < 1.29 is 27.4 Å². The van der Waals surface area contributed by atoms with Crippen LogP contribution in [0.3, 0.4) is 0 Å². The zero-order valence-electron chi connectivity index (χ0n) is 13.5. The zero-order valence-corrected chi connectivity index (χ0v) is 14.3. The van der Waals surface area contributed by atoms with Crippen molar-refractivity contribution in [3.05, 3.63) is 53.6 Å². The van der Waals surface area contributed by atoms with Crippen molar-refractivity contribution in [2.24, 2.45) is 0 Å². The summed E-state index contributed by atoms with van der Waals surface area (Å²) in [5, 5.41) is 0. The molecule has 7 nitrogen and oxygen atoms in total. The first kappa shape index (κ1) is 17.1. The number of nitrogens with one attached hydrogen (secondary N) is 1. The molecule has 3 rings (SSSR count). The van der Waals surface area contributed by atoms with Crippen LogP contribution in [-0.4, -0.2) is 34.7 Å². The summed E-state index contributed by atoms with van der Waals surface area (Å²) >= 11 is 0. The molecule has 132 valence electrons. The van der Waals surface area contributed by atoms with Gasteiger partial charge in [-0.15, -0.1) is 0 Å². The molecule has 0 radical (unpaired) electrons. The highest BCUT2D eigenvalue weighted by Gasteiger charge is 2.16. The Kier molecular flexibility index (Phi) is 4.80. The molecule has 0 atom stereocenters. The van der Waals surface area contributed by atoms with Gasteiger partial charge in [-0.3, -0.25) is 4.72 Å². The average molecular weight is 363 g/mol. The number of carbonyl (C=O) groups is 1. The SMILES string of the molecule is COC(=O)c1ccc(CS(=O)(=O)Nc2ccc3c(c2)OCCO3)cc1. The molecule has 1 heterocycles. The number of carbonyl (C=O) groups excluding carboxylic acids is 1. The van der Waals surface area contributed by atoms with Crippen LogP contribution in [0.2, 0.25) is 0 Å². The smallest absolute Gasteiger partial charge is 0.337 e. The molecule has 0 bridgehead atoms. The molecule has 2 aromatic carbocycles. The van der Waals surface area contributed by atoms with Crippen molar-refractivity contribution >= 4 is 21.7 Å². The first-order valence-corrected chi connectivity index (χ1v) is 9.19. The maximum Gasteiger partial charge on any atom is 0.337 e. The molecular formula is C17H17NO6S. The van der Waals surface area contributed by atoms with Gasteiger partial charge in [-0.2, -0.15) is 0 Å². The third kappa shape index (κ3) is 4.21. The van der Waals surface area contributed by atoms with Crippen molar-refractivity contribution in [1.29, 1.82) is 0 Å². The lowest BCUT2D eigenvalue weighted by molar-refractivity contribution is 0.0600. The molecule has 0 aliphatic carbocycles. The minimum absolute atomic E-state index is 0.219. The van der Waals surface area contributed by atoms with E-state index in [1.165, 1.54) is 19.2 Å². The van der Waals surface area contributed by atoms with Crippen LogP contribution < -0.4 is 14.2 Å². The number of esters is 1. The van der Waals surface area contributed by atoms with E-state index in [1.54, 1.807) is 30.3 Å². The van der Waals surface area contributed by atoms with E-state index in [4.69, 9.17) is 9.47 Å². The number of hydrogen-bond donors (Lipinski definition) is 1. The summed E-state index contributed by atoms with van der Waals surface area (Å²) in [5.41, 5.74) is 1.32. The van der Waals surface area contributed by atoms with Crippen LogP contribution in [0.5, 0.6) is 11.5 Å². The van der Waals surface area contributed by atoms with Gasteiger partial charge in [-0.1, -0.05) is 12.1 Å². The Morgan fingerprint density at radius 3 is 2.44 bits per heavy atom. The Hall–Kier alpha value is -2.74. The van der Waals surface area contributed by atoms with E-state index in [-0.39, 0.29) is 5.75 Å². The third-order valence-corrected chi connectivity index (χ3v) is 4.81. The third-order valence-electron chi connectivity index (χ3n) is 3.55. The first-order valence-electron chi connectivity index (χ1n) is 7.54. The molecule has 0 fully saturated rings. The average Bonchev–Trinajstić information content (AvgIpc) is 2.61. The van der Waals surface area contributed by atoms with Crippen molar-refractivity contribution in [1.82, 2.24) is 0 Å². The standard InChI is InChI=1S/C17H17NO6S/c1-22-17(19)13-4-2-12(3-5-13)11-25(20,21)18-14-6-7-15-16(10-14)24-9-8-23-15/h2-7,10,18H,8-9,11H2,1H3. The summed E-state index contributed by atoms with van der Waals surface area (Å²) in [5.74, 6) is 0.411. The van der Waals surface area contributed by atoms with Gasteiger partial charge in [-0.05, 0) is 29.8 Å². The molecule has 0 aromatic heterocycles. The Morgan fingerprint density at radius 1 is 1.08 bits per heavy atom. The van der Waals surface area contributed by atoms with E-state index < -0.39 is 16.0 Å². The van der Waals surface area contributed by atoms with Crippen LogP contribution in [0.1, 0.15) is 15.9 Å². The second-order valence-corrected chi connectivity index (χ2v) is 7.13. The lowest BCUT2D eigenvalue weighted by atomic mass is 10.1. The lowest BCUT2D eigenvalue weighted by Crippen LogP contribution is -2.17. The predicted molar refractivity (Wildman–Crippen MR) is 91.5 cm³/mol. The van der Waals surface area contributed by atoms with Crippen LogP contribution in [0.15, 0.2) is 42.5 Å². The van der Waals surface area contributed by atoms with Crippen molar-refractivity contribution in [2.75, 3.05) is 25.0 Å². The minimum Gasteiger partial charge on any atom is -0.486 e. The van der Waals surface area contributed by atoms with Crippen LogP contribution in [0, 0.1) is 0 Å². The predicted octanol–water partition coefficient (Wildman–Crippen LogP) is 2.19. The number of hydrogen-bond acceptors (Lipinski definition) is 6. The molecule has 0 amide bonds. The molecule has 0 saturated carbocycles. The molecule has 2 aromatic rings. The molecule has 0 saturated heterocycles. The summed E-state index contributed by atoms with van der Waals surface area (Å²) in [6, 6.07) is 11.1. The normalized spacial score (nSPS) is 13.2. The Morgan fingerprint density at radius 2 is 1.76 bits per heavy atom. The quantitative estimate of drug-likeness (QED) is 0.819. The number of fused-ring (bicyclic) bond motifs is 1. The fourth-order valence-electron chi connectivity index (χ4n) is 2.40. The summed E-state index contributed by atoms with van der Waals surface area (Å²) < 4.78 is 42.6. The van der Waals surface area contributed by atoms with Gasteiger partial charge in [0.15, 0.2) is 11.5 Å². The van der Waals surface area contributed by atoms with Gasteiger partial charge in [0.2, 0.25) is 10.0 Å². The zero-order chi connectivity index (χ0) is 17.9. The molecule has 1 N–H and O–H groups in total. The Labute approximate surface area is 145 Å². The van der Waals surface area contributed by atoms with E-state index in [2.05, 4.69) is 9.46 Å². The van der Waals surface area contributed by atoms with E-state index in [1.807, 2.05) is 0 Å². The van der Waals surface area contributed by atoms with Crippen molar-refractivity contribution in [3.63, 3.8) is 0 Å². The highest BCUT2D eigenvalue weighted by molar-refractivity contribution is 7.91. The van der Waals surface area contributed by atoms with Gasteiger partial charge in [0.1, 0.15) is 13.2 Å². The van der Waals surface area contributed by atoms with E-state index in [0.717, 1.165) is 0 Å². The lowest BCUT2D eigenvalue weighted by Gasteiger charge is -2.19. The number of sulfonamides is 1. The second kappa shape index (κ2) is 7.02. The monoisotopic (exact) mass is 363 g/mol. The molecule has 1 aliphatic rings. The number of methoxy groups -OCH3 is 1. The number of ether oxygens (including phenoxy) is 3. The van der Waals surface area contributed by atoms with Crippen LogP contribution >= 0.6 is 0 Å². The van der Waals surface area contributed by atoms with Crippen LogP contribution in [0.4, 0.5) is 5.69 Å². The summed E-state index contributed by atoms with van der Waals surface area (Å²) in [7, 11) is -2.33. The maximum atomic E-state index is 12.3. The van der Waals surface area contributed by atoms with Gasteiger partial charge >= 0.3 is 5.97 Å². The van der Waals surface area contributed by atoms with Gasteiger partial charge in [0.25, 0.3) is 0 Å². The molecule has 8 heteroatoms. The summed E-state index contributed by atoms with van der Waals surface area (Å²) in [4.78, 5) is 11.4. The topological polar surface area (TPSA) is 90.9 Å². The summed E-state index contributed by atoms with van der Waals surface area (Å²) in [6.07, 6.45) is 0. The fourth-order valence-corrected chi connectivity index (χ4v) is 3.59. The van der Waals surface area contributed by atoms with Gasteiger partial charge in [0.05, 0.1) is 24.1 Å². The molecule has 0 spiro atoms. The Bertz CT molecular complexity index is 877. The van der Waals surface area contributed by atoms with E-state index >= 15 is 0 Å². The fraction of sp³-hybridized carbons (Fsp3) is 0.235. The van der Waals surface area contributed by atoms with Crippen LogP contribution in [0.25, 0.3) is 0 Å². The first-order chi connectivity index (χ1) is 12.0. The molecule has 0 unspecified atom stereocenters. The number of benzene rings is 2. The van der Waals surface area contributed by atoms with Gasteiger partial charge < -0.3 is 14.2 Å².